The van der Waals surface area contributed by atoms with Crippen molar-refractivity contribution in [3.63, 3.8) is 0 Å². The molecule has 0 spiro atoms. The lowest BCUT2D eigenvalue weighted by atomic mass is 10.1. The molecule has 0 bridgehead atoms. The molecule has 2 aromatic carbocycles. The highest BCUT2D eigenvalue weighted by molar-refractivity contribution is 7.19. The monoisotopic (exact) mass is 405 g/mol. The van der Waals surface area contributed by atoms with Gasteiger partial charge in [0.15, 0.2) is 4.96 Å². The van der Waals surface area contributed by atoms with Gasteiger partial charge >= 0.3 is 0 Å². The SMILES string of the molecule is COc1ccc(-c2cn3c(C)c(C(=O)Nc4c(C)cc(C)cc4C)sc3n2)cc1. The van der Waals surface area contributed by atoms with Crippen molar-refractivity contribution in [2.24, 2.45) is 0 Å². The number of methoxy groups -OCH3 is 1. The molecule has 4 rings (SSSR count). The van der Waals surface area contributed by atoms with Crippen LogP contribution in [0.4, 0.5) is 5.69 Å². The second-order valence-electron chi connectivity index (χ2n) is 7.25. The maximum Gasteiger partial charge on any atom is 0.267 e. The number of carbonyl (C=O) groups excluding carboxylic acids is 1. The normalized spacial score (nSPS) is 11.1. The maximum absolute atomic E-state index is 13.0. The van der Waals surface area contributed by atoms with Gasteiger partial charge in [0, 0.05) is 23.1 Å². The van der Waals surface area contributed by atoms with E-state index in [4.69, 9.17) is 9.72 Å². The van der Waals surface area contributed by atoms with Crippen LogP contribution in [0.25, 0.3) is 16.2 Å². The van der Waals surface area contributed by atoms with Crippen LogP contribution in [0, 0.1) is 27.7 Å². The third-order valence-corrected chi connectivity index (χ3v) is 6.22. The van der Waals surface area contributed by atoms with Crippen LogP contribution in [-0.4, -0.2) is 22.4 Å². The van der Waals surface area contributed by atoms with Gasteiger partial charge in [0.05, 0.1) is 12.8 Å². The standard InChI is InChI=1S/C23H23N3O2S/c1-13-10-14(2)20(15(3)11-13)25-22(27)21-16(4)26-12-19(24-23(26)29-21)17-6-8-18(28-5)9-7-17/h6-12H,1-5H3,(H,25,27). The second-order valence-corrected chi connectivity index (χ2v) is 8.23. The number of imidazole rings is 1. The van der Waals surface area contributed by atoms with Crippen LogP contribution in [0.15, 0.2) is 42.6 Å². The number of thiazole rings is 1. The molecule has 0 unspecified atom stereocenters. The van der Waals surface area contributed by atoms with E-state index in [0.29, 0.717) is 4.88 Å². The van der Waals surface area contributed by atoms with Gasteiger partial charge in [-0.05, 0) is 63.1 Å². The number of aryl methyl sites for hydroxylation is 4. The third kappa shape index (κ3) is 3.51. The van der Waals surface area contributed by atoms with Gasteiger partial charge in [0.2, 0.25) is 0 Å². The van der Waals surface area contributed by atoms with Crippen LogP contribution in [0.5, 0.6) is 5.75 Å². The zero-order valence-corrected chi connectivity index (χ0v) is 18.0. The first kappa shape index (κ1) is 19.2. The molecule has 1 N–H and O–H groups in total. The Labute approximate surface area is 174 Å². The molecule has 6 heteroatoms. The number of anilines is 1. The van der Waals surface area contributed by atoms with Gasteiger partial charge in [-0.3, -0.25) is 9.20 Å². The second kappa shape index (κ2) is 7.37. The molecule has 0 saturated heterocycles. The molecule has 0 fully saturated rings. The van der Waals surface area contributed by atoms with Crippen molar-refractivity contribution in [3.05, 3.63) is 69.9 Å². The lowest BCUT2D eigenvalue weighted by Gasteiger charge is -2.12. The number of rotatable bonds is 4. The molecule has 2 aromatic heterocycles. The molecule has 0 aliphatic heterocycles. The van der Waals surface area contributed by atoms with Gasteiger partial charge in [0.1, 0.15) is 10.6 Å². The quantitative estimate of drug-likeness (QED) is 0.484. The molecule has 2 heterocycles. The molecule has 0 saturated carbocycles. The van der Waals surface area contributed by atoms with Crippen molar-refractivity contribution in [2.75, 3.05) is 12.4 Å². The summed E-state index contributed by atoms with van der Waals surface area (Å²) in [6, 6.07) is 12.0. The van der Waals surface area contributed by atoms with Crippen molar-refractivity contribution in [3.8, 4) is 17.0 Å². The number of benzene rings is 2. The Morgan fingerprint density at radius 3 is 2.31 bits per heavy atom. The van der Waals surface area contributed by atoms with E-state index in [1.165, 1.54) is 16.9 Å². The average Bonchev–Trinajstić information content (AvgIpc) is 3.24. The molecule has 0 radical (unpaired) electrons. The van der Waals surface area contributed by atoms with Crippen molar-refractivity contribution in [2.45, 2.75) is 27.7 Å². The molecule has 0 aliphatic rings. The highest BCUT2D eigenvalue weighted by Gasteiger charge is 2.19. The summed E-state index contributed by atoms with van der Waals surface area (Å²) in [7, 11) is 1.65. The van der Waals surface area contributed by atoms with Gasteiger partial charge < -0.3 is 10.1 Å². The third-order valence-electron chi connectivity index (χ3n) is 5.06. The lowest BCUT2D eigenvalue weighted by Crippen LogP contribution is -2.14. The molecule has 5 nitrogen and oxygen atoms in total. The van der Waals surface area contributed by atoms with Crippen LogP contribution in [0.2, 0.25) is 0 Å². The van der Waals surface area contributed by atoms with E-state index in [1.807, 2.05) is 55.6 Å². The predicted octanol–water partition coefficient (Wildman–Crippen LogP) is 5.56. The average molecular weight is 406 g/mol. The number of ether oxygens (including phenoxy) is 1. The number of nitrogens with one attached hydrogen (secondary N) is 1. The van der Waals surface area contributed by atoms with Crippen LogP contribution in [0.3, 0.4) is 0 Å². The molecule has 0 aliphatic carbocycles. The van der Waals surface area contributed by atoms with E-state index >= 15 is 0 Å². The smallest absolute Gasteiger partial charge is 0.267 e. The van der Waals surface area contributed by atoms with E-state index in [0.717, 1.165) is 44.5 Å². The molecule has 1 amide bonds. The van der Waals surface area contributed by atoms with E-state index in [1.54, 1.807) is 7.11 Å². The number of amides is 1. The summed E-state index contributed by atoms with van der Waals surface area (Å²) in [5.74, 6) is 0.714. The first-order chi connectivity index (χ1) is 13.9. The fourth-order valence-electron chi connectivity index (χ4n) is 3.61. The molecular formula is C23H23N3O2S. The Kier molecular flexibility index (Phi) is 4.88. The predicted molar refractivity (Wildman–Crippen MR) is 118 cm³/mol. The summed E-state index contributed by atoms with van der Waals surface area (Å²) >= 11 is 1.40. The summed E-state index contributed by atoms with van der Waals surface area (Å²) in [6.45, 7) is 8.05. The van der Waals surface area contributed by atoms with Crippen molar-refractivity contribution in [1.29, 1.82) is 0 Å². The molecule has 0 atom stereocenters. The largest absolute Gasteiger partial charge is 0.497 e. The van der Waals surface area contributed by atoms with Crippen LogP contribution in [0.1, 0.15) is 32.1 Å². The fraction of sp³-hybridized carbons (Fsp3) is 0.217. The minimum atomic E-state index is -0.0981. The summed E-state index contributed by atoms with van der Waals surface area (Å²) in [4.78, 5) is 19.2. The van der Waals surface area contributed by atoms with E-state index in [-0.39, 0.29) is 5.91 Å². The highest BCUT2D eigenvalue weighted by Crippen LogP contribution is 2.29. The Balaban J connectivity index is 1.64. The number of fused-ring (bicyclic) bond motifs is 1. The van der Waals surface area contributed by atoms with Gasteiger partial charge in [0.25, 0.3) is 5.91 Å². The van der Waals surface area contributed by atoms with Crippen molar-refractivity contribution < 1.29 is 9.53 Å². The molecular weight excluding hydrogens is 382 g/mol. The Morgan fingerprint density at radius 2 is 1.72 bits per heavy atom. The van der Waals surface area contributed by atoms with Crippen LogP contribution < -0.4 is 10.1 Å². The van der Waals surface area contributed by atoms with Crippen LogP contribution in [-0.2, 0) is 0 Å². The Bertz CT molecular complexity index is 1200. The van der Waals surface area contributed by atoms with Gasteiger partial charge in [-0.1, -0.05) is 29.0 Å². The van der Waals surface area contributed by atoms with Crippen molar-refractivity contribution in [1.82, 2.24) is 9.38 Å². The van der Waals surface area contributed by atoms with Gasteiger partial charge in [-0.25, -0.2) is 4.98 Å². The number of aromatic nitrogens is 2. The van der Waals surface area contributed by atoms with Gasteiger partial charge in [-0.15, -0.1) is 0 Å². The van der Waals surface area contributed by atoms with E-state index in [2.05, 4.69) is 24.4 Å². The zero-order valence-electron chi connectivity index (χ0n) is 17.2. The summed E-state index contributed by atoms with van der Waals surface area (Å²) < 4.78 is 7.19. The Morgan fingerprint density at radius 1 is 1.07 bits per heavy atom. The first-order valence-electron chi connectivity index (χ1n) is 9.39. The molecule has 4 aromatic rings. The minimum absolute atomic E-state index is 0.0981. The number of hydrogen-bond donors (Lipinski definition) is 1. The molecule has 148 valence electrons. The fourth-order valence-corrected chi connectivity index (χ4v) is 4.61. The molecule has 29 heavy (non-hydrogen) atoms. The maximum atomic E-state index is 13.0. The zero-order chi connectivity index (χ0) is 20.7. The van der Waals surface area contributed by atoms with Gasteiger partial charge in [-0.2, -0.15) is 0 Å². The summed E-state index contributed by atoms with van der Waals surface area (Å²) in [6.07, 6.45) is 1.97. The number of nitrogens with zero attached hydrogens (tertiary/aromatic N) is 2. The summed E-state index contributed by atoms with van der Waals surface area (Å²) in [5, 5.41) is 3.09. The minimum Gasteiger partial charge on any atom is -0.497 e. The lowest BCUT2D eigenvalue weighted by molar-refractivity contribution is 0.102. The van der Waals surface area contributed by atoms with Crippen molar-refractivity contribution >= 4 is 27.9 Å². The first-order valence-corrected chi connectivity index (χ1v) is 10.2. The Hall–Kier alpha value is -3.12. The number of hydrogen-bond acceptors (Lipinski definition) is 4. The topological polar surface area (TPSA) is 55.6 Å². The van der Waals surface area contributed by atoms with Crippen LogP contribution >= 0.6 is 11.3 Å². The summed E-state index contributed by atoms with van der Waals surface area (Å²) in [5.41, 5.74) is 6.97. The highest BCUT2D eigenvalue weighted by atomic mass is 32.1. The number of carbonyl (C=O) groups is 1. The van der Waals surface area contributed by atoms with E-state index in [9.17, 15) is 4.79 Å². The van der Waals surface area contributed by atoms with E-state index < -0.39 is 0 Å².